The summed E-state index contributed by atoms with van der Waals surface area (Å²) in [4.78, 5) is 14.0. The lowest BCUT2D eigenvalue weighted by Gasteiger charge is -2.25. The number of rotatable bonds is 3. The minimum absolute atomic E-state index is 0.0573. The number of aromatic nitrogens is 2. The van der Waals surface area contributed by atoms with Gasteiger partial charge in [0.25, 0.3) is 5.91 Å². The van der Waals surface area contributed by atoms with Crippen LogP contribution < -0.4 is 5.73 Å². The molecule has 0 spiro atoms. The second-order valence-electron chi connectivity index (χ2n) is 4.16. The van der Waals surface area contributed by atoms with Crippen molar-refractivity contribution in [3.8, 4) is 0 Å². The van der Waals surface area contributed by atoms with Gasteiger partial charge < -0.3 is 10.6 Å². The molecule has 0 saturated carbocycles. The maximum atomic E-state index is 12.3. The number of amides is 1. The van der Waals surface area contributed by atoms with Crippen molar-refractivity contribution in [2.75, 3.05) is 12.3 Å². The summed E-state index contributed by atoms with van der Waals surface area (Å²) >= 11 is 0. The van der Waals surface area contributed by atoms with E-state index in [1.54, 1.807) is 23.6 Å². The Hall–Kier alpha value is -1.52. The van der Waals surface area contributed by atoms with E-state index in [1.165, 1.54) is 0 Å². The molecule has 1 rings (SSSR count). The Kier molecular flexibility index (Phi) is 3.57. The van der Waals surface area contributed by atoms with Gasteiger partial charge in [-0.1, -0.05) is 0 Å². The molecular weight excluding hydrogens is 204 g/mol. The summed E-state index contributed by atoms with van der Waals surface area (Å²) < 4.78 is 1.55. The quantitative estimate of drug-likeness (QED) is 0.838. The van der Waals surface area contributed by atoms with Crippen molar-refractivity contribution in [1.29, 1.82) is 0 Å². The zero-order chi connectivity index (χ0) is 12.5. The fourth-order valence-corrected chi connectivity index (χ4v) is 1.81. The second kappa shape index (κ2) is 4.55. The van der Waals surface area contributed by atoms with E-state index in [4.69, 9.17) is 5.73 Å². The number of nitrogen functional groups attached to an aromatic ring is 1. The van der Waals surface area contributed by atoms with E-state index >= 15 is 0 Å². The van der Waals surface area contributed by atoms with Gasteiger partial charge in [0.15, 0.2) is 0 Å². The molecule has 0 aromatic carbocycles. The Morgan fingerprint density at radius 1 is 1.56 bits per heavy atom. The molecule has 90 valence electrons. The normalized spacial score (nSPS) is 10.9. The van der Waals surface area contributed by atoms with Crippen LogP contribution in [0.3, 0.4) is 0 Å². The van der Waals surface area contributed by atoms with Crippen molar-refractivity contribution in [3.05, 3.63) is 11.4 Å². The van der Waals surface area contributed by atoms with Gasteiger partial charge in [0.05, 0.1) is 11.4 Å². The van der Waals surface area contributed by atoms with Gasteiger partial charge in [-0.05, 0) is 27.7 Å². The van der Waals surface area contributed by atoms with E-state index in [1.807, 2.05) is 20.8 Å². The lowest BCUT2D eigenvalue weighted by atomic mass is 10.2. The average Bonchev–Trinajstić information content (AvgIpc) is 2.41. The molecule has 0 fully saturated rings. The first-order valence-corrected chi connectivity index (χ1v) is 5.50. The van der Waals surface area contributed by atoms with Crippen molar-refractivity contribution in [3.63, 3.8) is 0 Å². The van der Waals surface area contributed by atoms with Gasteiger partial charge in [0.1, 0.15) is 5.69 Å². The predicted molar refractivity (Wildman–Crippen MR) is 64.2 cm³/mol. The van der Waals surface area contributed by atoms with E-state index in [9.17, 15) is 4.79 Å². The Labute approximate surface area is 96.2 Å². The fraction of sp³-hybridized carbons (Fsp3) is 0.636. The highest BCUT2D eigenvalue weighted by atomic mass is 16.2. The number of aryl methyl sites for hydroxylation is 2. The Morgan fingerprint density at radius 3 is 2.44 bits per heavy atom. The summed E-state index contributed by atoms with van der Waals surface area (Å²) in [5.41, 5.74) is 7.52. The van der Waals surface area contributed by atoms with Gasteiger partial charge in [-0.25, -0.2) is 0 Å². The molecule has 5 nitrogen and oxygen atoms in total. The van der Waals surface area contributed by atoms with Gasteiger partial charge in [-0.15, -0.1) is 0 Å². The van der Waals surface area contributed by atoms with Crippen LogP contribution in [0.15, 0.2) is 0 Å². The van der Waals surface area contributed by atoms with Crippen molar-refractivity contribution >= 4 is 11.6 Å². The first-order valence-electron chi connectivity index (χ1n) is 5.50. The smallest absolute Gasteiger partial charge is 0.274 e. The van der Waals surface area contributed by atoms with Gasteiger partial charge in [0, 0.05) is 19.6 Å². The number of nitrogens with two attached hydrogens (primary N) is 1. The number of hydrogen-bond donors (Lipinski definition) is 1. The molecule has 1 amide bonds. The van der Waals surface area contributed by atoms with E-state index in [0.717, 1.165) is 0 Å². The molecule has 1 aromatic rings. The molecule has 0 atom stereocenters. The van der Waals surface area contributed by atoms with Gasteiger partial charge in [0.2, 0.25) is 0 Å². The zero-order valence-corrected chi connectivity index (χ0v) is 10.6. The van der Waals surface area contributed by atoms with Crippen LogP contribution in [-0.2, 0) is 7.05 Å². The molecule has 0 saturated heterocycles. The zero-order valence-electron chi connectivity index (χ0n) is 10.6. The molecule has 16 heavy (non-hydrogen) atoms. The molecule has 1 heterocycles. The summed E-state index contributed by atoms with van der Waals surface area (Å²) in [7, 11) is 1.74. The second-order valence-corrected chi connectivity index (χ2v) is 4.16. The largest absolute Gasteiger partial charge is 0.395 e. The molecule has 0 aliphatic carbocycles. The van der Waals surface area contributed by atoms with Crippen LogP contribution >= 0.6 is 0 Å². The van der Waals surface area contributed by atoms with Crippen LogP contribution in [0, 0.1) is 6.92 Å². The Morgan fingerprint density at radius 2 is 2.12 bits per heavy atom. The number of anilines is 1. The Bertz CT molecular complexity index is 395. The average molecular weight is 224 g/mol. The lowest BCUT2D eigenvalue weighted by Crippen LogP contribution is -2.38. The minimum Gasteiger partial charge on any atom is -0.395 e. The molecule has 0 radical (unpaired) electrons. The molecule has 0 unspecified atom stereocenters. The summed E-state index contributed by atoms with van der Waals surface area (Å²) in [5, 5.41) is 4.15. The summed E-state index contributed by atoms with van der Waals surface area (Å²) in [6.45, 7) is 8.40. The minimum atomic E-state index is -0.0573. The molecular formula is C11H20N4O. The third-order valence-electron chi connectivity index (χ3n) is 2.70. The van der Waals surface area contributed by atoms with Crippen LogP contribution in [0.2, 0.25) is 0 Å². The number of hydrogen-bond acceptors (Lipinski definition) is 3. The van der Waals surface area contributed by atoms with Crippen molar-refractivity contribution in [2.45, 2.75) is 33.7 Å². The van der Waals surface area contributed by atoms with Crippen LogP contribution in [0.1, 0.15) is 37.0 Å². The maximum absolute atomic E-state index is 12.3. The number of nitrogens with zero attached hydrogens (tertiary/aromatic N) is 3. The van der Waals surface area contributed by atoms with Crippen LogP contribution in [0.25, 0.3) is 0 Å². The monoisotopic (exact) mass is 224 g/mol. The van der Waals surface area contributed by atoms with E-state index in [0.29, 0.717) is 23.6 Å². The van der Waals surface area contributed by atoms with Crippen LogP contribution in [0.5, 0.6) is 0 Å². The van der Waals surface area contributed by atoms with Gasteiger partial charge >= 0.3 is 0 Å². The summed E-state index contributed by atoms with van der Waals surface area (Å²) in [6, 6.07) is 0.159. The topological polar surface area (TPSA) is 64.2 Å². The third kappa shape index (κ3) is 2.03. The number of carbonyl (C=O) groups excluding carboxylic acids is 1. The molecule has 1 aromatic heterocycles. The first kappa shape index (κ1) is 12.5. The highest BCUT2D eigenvalue weighted by Crippen LogP contribution is 2.18. The molecule has 0 bridgehead atoms. The van der Waals surface area contributed by atoms with Crippen molar-refractivity contribution in [1.82, 2.24) is 14.7 Å². The lowest BCUT2D eigenvalue weighted by molar-refractivity contribution is 0.0707. The van der Waals surface area contributed by atoms with Crippen LogP contribution in [0.4, 0.5) is 5.69 Å². The van der Waals surface area contributed by atoms with E-state index < -0.39 is 0 Å². The standard InChI is InChI=1S/C11H20N4O/c1-6-15(7(2)3)11(16)10-9(12)8(4)13-14(10)5/h7H,6,12H2,1-5H3. The highest BCUT2D eigenvalue weighted by molar-refractivity contribution is 5.98. The molecule has 5 heteroatoms. The van der Waals surface area contributed by atoms with Gasteiger partial charge in [-0.2, -0.15) is 5.10 Å². The highest BCUT2D eigenvalue weighted by Gasteiger charge is 2.24. The predicted octanol–water partition coefficient (Wildman–Crippen LogP) is 1.18. The SMILES string of the molecule is CCN(C(=O)c1c(N)c(C)nn1C)C(C)C. The molecule has 2 N–H and O–H groups in total. The first-order chi connectivity index (χ1) is 7.40. The summed E-state index contributed by atoms with van der Waals surface area (Å²) in [5.74, 6) is -0.0573. The van der Waals surface area contributed by atoms with E-state index in [2.05, 4.69) is 5.10 Å². The van der Waals surface area contributed by atoms with Crippen LogP contribution in [-0.4, -0.2) is 33.2 Å². The maximum Gasteiger partial charge on any atom is 0.274 e. The third-order valence-corrected chi connectivity index (χ3v) is 2.70. The van der Waals surface area contributed by atoms with E-state index in [-0.39, 0.29) is 11.9 Å². The van der Waals surface area contributed by atoms with Gasteiger partial charge in [-0.3, -0.25) is 9.48 Å². The van der Waals surface area contributed by atoms with Crippen molar-refractivity contribution < 1.29 is 4.79 Å². The molecule has 0 aliphatic heterocycles. The summed E-state index contributed by atoms with van der Waals surface area (Å²) in [6.07, 6.45) is 0. The number of carbonyl (C=O) groups is 1. The Balaban J connectivity index is 3.13. The molecule has 0 aliphatic rings. The fourth-order valence-electron chi connectivity index (χ4n) is 1.81. The van der Waals surface area contributed by atoms with Crippen molar-refractivity contribution in [2.24, 2.45) is 7.05 Å².